The highest BCUT2D eigenvalue weighted by molar-refractivity contribution is 7.88. The Kier molecular flexibility index (Phi) is 6.63. The fourth-order valence-corrected chi connectivity index (χ4v) is 5.12. The number of rotatable bonds is 2. The summed E-state index contributed by atoms with van der Waals surface area (Å²) in [6, 6.07) is 2.19. The van der Waals surface area contributed by atoms with E-state index in [2.05, 4.69) is 16.2 Å². The number of β-amino-alcohol motifs (C(OH)–C–C–N with tert-alkyl or cyclic N) is 1. The first-order valence-corrected chi connectivity index (χ1v) is 11.8. The molecule has 2 aromatic heterocycles. The highest BCUT2D eigenvalue weighted by atomic mass is 35.5. The maximum Gasteiger partial charge on any atom is 0.238 e. The Morgan fingerprint density at radius 1 is 1.31 bits per heavy atom. The third kappa shape index (κ3) is 4.80. The van der Waals surface area contributed by atoms with Gasteiger partial charge in [0.25, 0.3) is 0 Å². The van der Waals surface area contributed by atoms with Crippen LogP contribution in [-0.2, 0) is 10.0 Å². The molecule has 0 aromatic carbocycles. The molecule has 2 fully saturated rings. The minimum absolute atomic E-state index is 0.193. The van der Waals surface area contributed by atoms with Crippen LogP contribution in [-0.4, -0.2) is 57.9 Å². The van der Waals surface area contributed by atoms with Crippen molar-refractivity contribution in [2.45, 2.75) is 50.5 Å². The third-order valence-electron chi connectivity index (χ3n) is 5.36. The number of nitrogen functional groups attached to an aromatic ring is 1. The lowest BCUT2D eigenvalue weighted by Crippen LogP contribution is -2.41. The van der Waals surface area contributed by atoms with E-state index in [0.29, 0.717) is 35.0 Å². The summed E-state index contributed by atoms with van der Waals surface area (Å²) >= 11 is 6.23. The van der Waals surface area contributed by atoms with Gasteiger partial charge < -0.3 is 10.8 Å². The van der Waals surface area contributed by atoms with Crippen LogP contribution < -0.4 is 5.73 Å². The number of halogens is 1. The van der Waals surface area contributed by atoms with Gasteiger partial charge in [-0.25, -0.2) is 17.9 Å². The second-order valence-corrected chi connectivity index (χ2v) is 9.86. The van der Waals surface area contributed by atoms with Gasteiger partial charge in [-0.3, -0.25) is 0 Å². The van der Waals surface area contributed by atoms with E-state index < -0.39 is 16.1 Å². The molecule has 1 saturated carbocycles. The molecule has 9 nitrogen and oxygen atoms in total. The molecule has 1 aliphatic heterocycles. The van der Waals surface area contributed by atoms with Crippen LogP contribution >= 0.6 is 11.6 Å². The van der Waals surface area contributed by atoms with E-state index in [4.69, 9.17) is 22.4 Å². The van der Waals surface area contributed by atoms with Crippen molar-refractivity contribution in [1.82, 2.24) is 18.9 Å². The summed E-state index contributed by atoms with van der Waals surface area (Å²) in [4.78, 5) is 3.94. The van der Waals surface area contributed by atoms with E-state index in [1.54, 1.807) is 10.7 Å². The molecule has 11 heteroatoms. The highest BCUT2D eigenvalue weighted by Crippen LogP contribution is 2.39. The Morgan fingerprint density at radius 3 is 2.55 bits per heavy atom. The third-order valence-corrected chi connectivity index (χ3v) is 7.01. The Hall–Kier alpha value is -1.93. The Morgan fingerprint density at radius 2 is 2.00 bits per heavy atom. The number of aliphatic hydroxyl groups excluding tert-OH is 1. The van der Waals surface area contributed by atoms with Gasteiger partial charge in [0.15, 0.2) is 0 Å². The Balaban J connectivity index is 0.000000188. The van der Waals surface area contributed by atoms with Gasteiger partial charge >= 0.3 is 0 Å². The number of piperidine rings is 1. The molecule has 158 valence electrons. The molecular weight excluding hydrogens is 416 g/mol. The summed E-state index contributed by atoms with van der Waals surface area (Å²) < 4.78 is 24.9. The van der Waals surface area contributed by atoms with Gasteiger partial charge in [-0.2, -0.15) is 9.57 Å². The SMILES string of the molecule is CS(=O)(=O)N1CCCC(O)C1.N#Cc1c(Cl)c2cnc(N)nn2c1C1CCCC1. The van der Waals surface area contributed by atoms with E-state index >= 15 is 0 Å². The van der Waals surface area contributed by atoms with Gasteiger partial charge in [0.1, 0.15) is 11.6 Å². The summed E-state index contributed by atoms with van der Waals surface area (Å²) in [5, 5.41) is 23.1. The molecular formula is C18H25ClN6O3S. The van der Waals surface area contributed by atoms with Gasteiger partial charge in [-0.05, 0) is 25.7 Å². The molecule has 1 aliphatic carbocycles. The summed E-state index contributed by atoms with van der Waals surface area (Å²) in [5.41, 5.74) is 7.69. The lowest BCUT2D eigenvalue weighted by Gasteiger charge is -2.27. The van der Waals surface area contributed by atoms with Gasteiger partial charge in [-0.1, -0.05) is 24.4 Å². The number of sulfonamides is 1. The zero-order chi connectivity index (χ0) is 21.2. The summed E-state index contributed by atoms with van der Waals surface area (Å²) in [5.74, 6) is 0.534. The Labute approximate surface area is 175 Å². The zero-order valence-corrected chi connectivity index (χ0v) is 17.8. The second-order valence-electron chi connectivity index (χ2n) is 7.50. The average Bonchev–Trinajstić information content (AvgIpc) is 3.27. The molecule has 1 atom stereocenters. The zero-order valence-electron chi connectivity index (χ0n) is 16.3. The van der Waals surface area contributed by atoms with E-state index in [0.717, 1.165) is 25.0 Å². The molecule has 0 spiro atoms. The van der Waals surface area contributed by atoms with Crippen molar-refractivity contribution >= 4 is 33.1 Å². The van der Waals surface area contributed by atoms with E-state index in [1.165, 1.54) is 23.4 Å². The van der Waals surface area contributed by atoms with Crippen molar-refractivity contribution in [3.8, 4) is 6.07 Å². The molecule has 2 aliphatic rings. The van der Waals surface area contributed by atoms with Crippen LogP contribution in [0, 0.1) is 11.3 Å². The predicted octanol–water partition coefficient (Wildman–Crippen LogP) is 1.90. The average molecular weight is 441 g/mol. The number of nitrogens with zero attached hydrogens (tertiary/aromatic N) is 5. The topological polar surface area (TPSA) is 138 Å². The first kappa shape index (κ1) is 21.8. The van der Waals surface area contributed by atoms with E-state index in [-0.39, 0.29) is 12.5 Å². The standard InChI is InChI=1S/C12H12ClN5.C6H13NO3S/c13-10-8(5-14)11(7-3-1-2-4-7)18-9(10)6-16-12(15)17-18;1-11(9,10)7-4-2-3-6(8)5-7/h6-7H,1-4H2,(H2,15,17);6,8H,2-5H2,1H3. The molecule has 0 radical (unpaired) electrons. The van der Waals surface area contributed by atoms with Crippen molar-refractivity contribution < 1.29 is 13.5 Å². The number of nitriles is 1. The monoisotopic (exact) mass is 440 g/mol. The fraction of sp³-hybridized carbons (Fsp3) is 0.611. The molecule has 0 bridgehead atoms. The number of hydrogen-bond donors (Lipinski definition) is 2. The summed E-state index contributed by atoms with van der Waals surface area (Å²) in [7, 11) is -3.09. The molecule has 3 heterocycles. The van der Waals surface area contributed by atoms with Gasteiger partial charge in [0.2, 0.25) is 16.0 Å². The van der Waals surface area contributed by atoms with Crippen LogP contribution in [0.5, 0.6) is 0 Å². The molecule has 29 heavy (non-hydrogen) atoms. The normalized spacial score (nSPS) is 21.0. The first-order chi connectivity index (χ1) is 13.7. The molecule has 3 N–H and O–H groups in total. The van der Waals surface area contributed by atoms with Crippen molar-refractivity contribution in [2.24, 2.45) is 0 Å². The molecule has 0 amide bonds. The number of hydrogen-bond acceptors (Lipinski definition) is 7. The highest BCUT2D eigenvalue weighted by Gasteiger charge is 2.27. The van der Waals surface area contributed by atoms with Crippen LogP contribution in [0.25, 0.3) is 5.52 Å². The number of fused-ring (bicyclic) bond motifs is 1. The van der Waals surface area contributed by atoms with Crippen LogP contribution in [0.3, 0.4) is 0 Å². The van der Waals surface area contributed by atoms with E-state index in [9.17, 15) is 13.7 Å². The number of anilines is 1. The smallest absolute Gasteiger partial charge is 0.238 e. The minimum atomic E-state index is -3.09. The summed E-state index contributed by atoms with van der Waals surface area (Å²) in [6.45, 7) is 0.814. The molecule has 2 aromatic rings. The minimum Gasteiger partial charge on any atom is -0.392 e. The number of aliphatic hydroxyl groups is 1. The summed E-state index contributed by atoms with van der Waals surface area (Å²) in [6.07, 6.45) is 8.25. The molecule has 1 unspecified atom stereocenters. The quantitative estimate of drug-likeness (QED) is 0.727. The van der Waals surface area contributed by atoms with E-state index in [1.807, 2.05) is 0 Å². The van der Waals surface area contributed by atoms with Crippen molar-refractivity contribution in [3.05, 3.63) is 22.5 Å². The predicted molar refractivity (Wildman–Crippen MR) is 110 cm³/mol. The van der Waals surface area contributed by atoms with Crippen LogP contribution in [0.1, 0.15) is 55.7 Å². The van der Waals surface area contributed by atoms with Crippen LogP contribution in [0.4, 0.5) is 5.95 Å². The number of aromatic nitrogens is 3. The number of nitrogens with two attached hydrogens (primary N) is 1. The molecule has 4 rings (SSSR count). The fourth-order valence-electron chi connectivity index (χ4n) is 3.95. The Bertz CT molecular complexity index is 1030. The van der Waals surface area contributed by atoms with Crippen molar-refractivity contribution in [2.75, 3.05) is 25.1 Å². The lowest BCUT2D eigenvalue weighted by atomic mass is 10.0. The van der Waals surface area contributed by atoms with Crippen molar-refractivity contribution in [3.63, 3.8) is 0 Å². The van der Waals surface area contributed by atoms with Crippen LogP contribution in [0.2, 0.25) is 5.02 Å². The largest absolute Gasteiger partial charge is 0.392 e. The maximum absolute atomic E-state index is 10.9. The van der Waals surface area contributed by atoms with Gasteiger partial charge in [0.05, 0.1) is 34.8 Å². The van der Waals surface area contributed by atoms with Gasteiger partial charge in [-0.15, -0.1) is 5.10 Å². The lowest BCUT2D eigenvalue weighted by molar-refractivity contribution is 0.108. The second kappa shape index (κ2) is 8.83. The maximum atomic E-state index is 10.9. The first-order valence-electron chi connectivity index (χ1n) is 9.58. The van der Waals surface area contributed by atoms with Crippen molar-refractivity contribution in [1.29, 1.82) is 5.26 Å². The van der Waals surface area contributed by atoms with Gasteiger partial charge in [0, 0.05) is 19.0 Å². The molecule has 1 saturated heterocycles. The van der Waals surface area contributed by atoms with Crippen LogP contribution in [0.15, 0.2) is 6.20 Å².